The van der Waals surface area contributed by atoms with E-state index in [0.717, 1.165) is 17.7 Å². The second-order valence-corrected chi connectivity index (χ2v) is 9.23. The van der Waals surface area contributed by atoms with Gasteiger partial charge in [-0.1, -0.05) is 60.7 Å². The molecule has 1 amide bonds. The minimum absolute atomic E-state index is 0.0493. The van der Waals surface area contributed by atoms with E-state index in [2.05, 4.69) is 5.32 Å². The van der Waals surface area contributed by atoms with Gasteiger partial charge in [0.15, 0.2) is 0 Å². The zero-order valence-corrected chi connectivity index (χ0v) is 18.1. The second kappa shape index (κ2) is 10.4. The molecule has 1 unspecified atom stereocenters. The molecule has 2 aromatic rings. The summed E-state index contributed by atoms with van der Waals surface area (Å²) in [6, 6.07) is 13.1. The summed E-state index contributed by atoms with van der Waals surface area (Å²) in [7, 11) is 0. The van der Waals surface area contributed by atoms with Gasteiger partial charge in [-0.25, -0.2) is 0 Å². The predicted molar refractivity (Wildman–Crippen MR) is 121 cm³/mol. The normalized spacial score (nSPS) is 15.9. The second-order valence-electron chi connectivity index (χ2n) is 7.29. The number of carbonyl (C=O) groups is 1. The smallest absolute Gasteiger partial charge is 0.230 e. The minimum atomic E-state index is -0.159. The van der Waals surface area contributed by atoms with Crippen molar-refractivity contribution in [1.29, 1.82) is 0 Å². The number of thioether (sulfide) groups is 1. The molecule has 2 aromatic carbocycles. The van der Waals surface area contributed by atoms with Crippen molar-refractivity contribution in [2.45, 2.75) is 37.4 Å². The Bertz CT molecular complexity index is 809. The molecule has 6 heteroatoms. The Labute approximate surface area is 181 Å². The summed E-state index contributed by atoms with van der Waals surface area (Å²) in [5.41, 5.74) is 8.68. The Morgan fingerprint density at radius 3 is 2.61 bits per heavy atom. The quantitative estimate of drug-likeness (QED) is 0.515. The molecule has 0 bridgehead atoms. The molecule has 0 saturated heterocycles. The zero-order chi connectivity index (χ0) is 19.9. The highest BCUT2D eigenvalue weighted by Gasteiger charge is 2.22. The monoisotopic (exact) mass is 436 g/mol. The van der Waals surface area contributed by atoms with Crippen molar-refractivity contribution in [2.24, 2.45) is 5.92 Å². The lowest BCUT2D eigenvalue weighted by atomic mass is 9.89. The van der Waals surface area contributed by atoms with Crippen LogP contribution in [0.25, 0.3) is 0 Å². The molecule has 150 valence electrons. The lowest BCUT2D eigenvalue weighted by Crippen LogP contribution is -2.31. The summed E-state index contributed by atoms with van der Waals surface area (Å²) in [5.74, 6) is 1.01. The van der Waals surface area contributed by atoms with Crippen molar-refractivity contribution < 1.29 is 4.79 Å². The van der Waals surface area contributed by atoms with E-state index in [4.69, 9.17) is 28.9 Å². The molecule has 3 N–H and O–H groups in total. The first-order valence-electron chi connectivity index (χ1n) is 9.72. The van der Waals surface area contributed by atoms with Crippen LogP contribution < -0.4 is 11.1 Å². The SMILES string of the molecule is Nc1ccc(Cl)cc1C(SCC(=O)NCC1CCCCC1)c1ccccc1Cl. The Balaban J connectivity index is 1.70. The molecule has 1 aliphatic carbocycles. The maximum Gasteiger partial charge on any atom is 0.230 e. The molecule has 3 rings (SSSR count). The molecule has 0 radical (unpaired) electrons. The number of halogens is 2. The highest BCUT2D eigenvalue weighted by molar-refractivity contribution is 8.00. The van der Waals surface area contributed by atoms with Crippen LogP contribution in [0, 0.1) is 5.92 Å². The topological polar surface area (TPSA) is 55.1 Å². The molecule has 0 spiro atoms. The third kappa shape index (κ3) is 5.82. The predicted octanol–water partition coefficient (Wildman–Crippen LogP) is 6.09. The highest BCUT2D eigenvalue weighted by atomic mass is 35.5. The Morgan fingerprint density at radius 1 is 1.11 bits per heavy atom. The van der Waals surface area contributed by atoms with E-state index in [-0.39, 0.29) is 11.2 Å². The molecule has 3 nitrogen and oxygen atoms in total. The summed E-state index contributed by atoms with van der Waals surface area (Å²) < 4.78 is 0. The molecular formula is C22H26Cl2N2OS. The van der Waals surface area contributed by atoms with E-state index in [1.165, 1.54) is 43.9 Å². The number of rotatable bonds is 7. The van der Waals surface area contributed by atoms with Gasteiger partial charge < -0.3 is 11.1 Å². The van der Waals surface area contributed by atoms with Crippen LogP contribution >= 0.6 is 35.0 Å². The lowest BCUT2D eigenvalue weighted by Gasteiger charge is -2.23. The number of carbonyl (C=O) groups excluding carboxylic acids is 1. The van der Waals surface area contributed by atoms with Crippen molar-refractivity contribution in [1.82, 2.24) is 5.32 Å². The fraction of sp³-hybridized carbons (Fsp3) is 0.409. The van der Waals surface area contributed by atoms with Crippen LogP contribution in [0.1, 0.15) is 48.5 Å². The summed E-state index contributed by atoms with van der Waals surface area (Å²) in [6.45, 7) is 0.773. The molecule has 28 heavy (non-hydrogen) atoms. The number of nitrogens with one attached hydrogen (secondary N) is 1. The van der Waals surface area contributed by atoms with Gasteiger partial charge in [0.1, 0.15) is 0 Å². The van der Waals surface area contributed by atoms with Gasteiger partial charge in [-0.2, -0.15) is 0 Å². The fourth-order valence-electron chi connectivity index (χ4n) is 3.67. The first kappa shape index (κ1) is 21.4. The van der Waals surface area contributed by atoms with Crippen molar-refractivity contribution >= 4 is 46.6 Å². The number of nitrogen functional groups attached to an aromatic ring is 1. The summed E-state index contributed by atoms with van der Waals surface area (Å²) in [6.07, 6.45) is 6.31. The first-order chi connectivity index (χ1) is 13.5. The molecule has 0 aliphatic heterocycles. The maximum absolute atomic E-state index is 12.5. The largest absolute Gasteiger partial charge is 0.398 e. The van der Waals surface area contributed by atoms with E-state index in [9.17, 15) is 4.79 Å². The van der Waals surface area contributed by atoms with E-state index in [0.29, 0.717) is 27.4 Å². The summed E-state index contributed by atoms with van der Waals surface area (Å²) in [5, 5.41) is 4.21. The van der Waals surface area contributed by atoms with Gasteiger partial charge >= 0.3 is 0 Å². The Morgan fingerprint density at radius 2 is 1.86 bits per heavy atom. The van der Waals surface area contributed by atoms with Gasteiger partial charge in [0, 0.05) is 22.3 Å². The van der Waals surface area contributed by atoms with Crippen molar-refractivity contribution in [2.75, 3.05) is 18.0 Å². The van der Waals surface area contributed by atoms with Crippen LogP contribution in [0.15, 0.2) is 42.5 Å². The Kier molecular flexibility index (Phi) is 7.95. The number of hydrogen-bond donors (Lipinski definition) is 2. The Hall–Kier alpha value is -1.36. The van der Waals surface area contributed by atoms with Gasteiger partial charge in [-0.15, -0.1) is 11.8 Å². The van der Waals surface area contributed by atoms with E-state index >= 15 is 0 Å². The molecule has 1 fully saturated rings. The molecule has 0 aromatic heterocycles. The van der Waals surface area contributed by atoms with Crippen molar-refractivity contribution in [3.05, 3.63) is 63.6 Å². The average Bonchev–Trinajstić information content (AvgIpc) is 2.71. The molecule has 1 saturated carbocycles. The lowest BCUT2D eigenvalue weighted by molar-refractivity contribution is -0.118. The van der Waals surface area contributed by atoms with Crippen LogP contribution in [0.3, 0.4) is 0 Å². The van der Waals surface area contributed by atoms with E-state index < -0.39 is 0 Å². The van der Waals surface area contributed by atoms with Gasteiger partial charge in [0.25, 0.3) is 0 Å². The molecule has 0 heterocycles. The van der Waals surface area contributed by atoms with Crippen LogP contribution in [-0.2, 0) is 4.79 Å². The van der Waals surface area contributed by atoms with E-state index in [1.54, 1.807) is 12.1 Å². The number of benzene rings is 2. The number of hydrogen-bond acceptors (Lipinski definition) is 3. The van der Waals surface area contributed by atoms with Gasteiger partial charge in [0.2, 0.25) is 5.91 Å². The number of anilines is 1. The number of amides is 1. The van der Waals surface area contributed by atoms with Gasteiger partial charge in [-0.3, -0.25) is 4.79 Å². The van der Waals surface area contributed by atoms with Crippen LogP contribution in [0.4, 0.5) is 5.69 Å². The maximum atomic E-state index is 12.5. The average molecular weight is 437 g/mol. The standard InChI is InChI=1S/C22H26Cl2N2OS/c23-16-10-11-20(25)18(12-16)22(17-8-4-5-9-19(17)24)28-14-21(27)26-13-15-6-2-1-3-7-15/h4-5,8-12,15,22H,1-3,6-7,13-14,25H2,(H,26,27). The zero-order valence-electron chi connectivity index (χ0n) is 15.8. The van der Waals surface area contributed by atoms with Crippen LogP contribution in [0.5, 0.6) is 0 Å². The van der Waals surface area contributed by atoms with E-state index in [1.807, 2.05) is 30.3 Å². The fourth-order valence-corrected chi connectivity index (χ4v) is 5.35. The summed E-state index contributed by atoms with van der Waals surface area (Å²) in [4.78, 5) is 12.5. The third-order valence-corrected chi connectivity index (χ3v) is 7.06. The summed E-state index contributed by atoms with van der Waals surface area (Å²) >= 11 is 14.2. The van der Waals surface area contributed by atoms with Crippen LogP contribution in [0.2, 0.25) is 10.0 Å². The third-order valence-electron chi connectivity index (χ3n) is 5.21. The molecule has 1 aliphatic rings. The van der Waals surface area contributed by atoms with Gasteiger partial charge in [-0.05, 0) is 54.2 Å². The van der Waals surface area contributed by atoms with Crippen LogP contribution in [-0.4, -0.2) is 18.2 Å². The molecule has 1 atom stereocenters. The highest BCUT2D eigenvalue weighted by Crippen LogP contribution is 2.42. The first-order valence-corrected chi connectivity index (χ1v) is 11.5. The van der Waals surface area contributed by atoms with Crippen molar-refractivity contribution in [3.8, 4) is 0 Å². The van der Waals surface area contributed by atoms with Crippen molar-refractivity contribution in [3.63, 3.8) is 0 Å². The number of nitrogens with two attached hydrogens (primary N) is 1. The van der Waals surface area contributed by atoms with Gasteiger partial charge in [0.05, 0.1) is 11.0 Å². The molecular weight excluding hydrogens is 411 g/mol. The minimum Gasteiger partial charge on any atom is -0.398 e.